The molecule has 260 valence electrons. The van der Waals surface area contributed by atoms with Gasteiger partial charge < -0.3 is 9.80 Å². The second kappa shape index (κ2) is 13.5. The number of hydrogen-bond acceptors (Lipinski definition) is 3. The lowest BCUT2D eigenvalue weighted by Gasteiger charge is -2.32. The summed E-state index contributed by atoms with van der Waals surface area (Å²) in [5.74, 6) is 0.597. The van der Waals surface area contributed by atoms with Crippen molar-refractivity contribution in [2.75, 3.05) is 9.80 Å². The Labute approximate surface area is 313 Å². The topological polar surface area (TPSA) is 30.3 Å². The molecule has 8 rings (SSSR count). The van der Waals surface area contributed by atoms with Crippen molar-refractivity contribution < 1.29 is 0 Å². The molecule has 0 spiro atoms. The van der Waals surface area contributed by atoms with Crippen LogP contribution in [0.4, 0.5) is 34.1 Å². The van der Waals surface area contributed by atoms with Gasteiger partial charge in [-0.3, -0.25) is 0 Å². The van der Waals surface area contributed by atoms with Crippen LogP contribution in [0.5, 0.6) is 0 Å². The second-order valence-corrected chi connectivity index (χ2v) is 15.1. The lowest BCUT2D eigenvalue weighted by atomic mass is 9.84. The van der Waals surface area contributed by atoms with E-state index in [0.29, 0.717) is 11.5 Å². The van der Waals surface area contributed by atoms with E-state index in [1.807, 2.05) is 12.1 Å². The zero-order chi connectivity index (χ0) is 37.0. The predicted octanol–water partition coefficient (Wildman–Crippen LogP) is 14.6. The van der Waals surface area contributed by atoms with Crippen LogP contribution in [-0.2, 0) is 0 Å². The smallest absolute Gasteiger partial charge is 0.0991 e. The van der Waals surface area contributed by atoms with E-state index in [9.17, 15) is 5.26 Å². The maximum absolute atomic E-state index is 9.67. The van der Waals surface area contributed by atoms with Gasteiger partial charge in [0.25, 0.3) is 0 Å². The minimum absolute atomic E-state index is 0.290. The fraction of sp³-hybridized carbons (Fsp3) is 0.180. The molecule has 0 fully saturated rings. The number of para-hydroxylation sites is 2. The number of nitrogens with zero attached hydrogens (tertiary/aromatic N) is 3. The minimum Gasteiger partial charge on any atom is -0.310 e. The largest absolute Gasteiger partial charge is 0.310 e. The second-order valence-electron chi connectivity index (χ2n) is 15.1. The molecule has 0 unspecified atom stereocenters. The first kappa shape index (κ1) is 34.0. The Morgan fingerprint density at radius 3 is 1.25 bits per heavy atom. The van der Waals surface area contributed by atoms with Crippen molar-refractivity contribution in [3.05, 3.63) is 167 Å². The van der Waals surface area contributed by atoms with E-state index in [2.05, 4.69) is 186 Å². The van der Waals surface area contributed by atoms with Gasteiger partial charge in [0.15, 0.2) is 0 Å². The van der Waals surface area contributed by atoms with Crippen molar-refractivity contribution in [1.82, 2.24) is 0 Å². The summed E-state index contributed by atoms with van der Waals surface area (Å²) in [6.45, 7) is 15.8. The highest BCUT2D eigenvalue weighted by Gasteiger charge is 2.26. The Hall–Kier alpha value is -6.11. The molecule has 0 aliphatic heterocycles. The van der Waals surface area contributed by atoms with Crippen LogP contribution in [0.15, 0.2) is 133 Å². The summed E-state index contributed by atoms with van der Waals surface area (Å²) in [5, 5.41) is 17.3. The van der Waals surface area contributed by atoms with Crippen LogP contribution in [0.3, 0.4) is 0 Å². The highest BCUT2D eigenvalue weighted by molar-refractivity contribution is 6.29. The molecule has 3 heteroatoms. The van der Waals surface area contributed by atoms with Crippen molar-refractivity contribution in [1.29, 1.82) is 5.26 Å². The molecule has 8 aromatic carbocycles. The normalized spacial score (nSPS) is 11.6. The fourth-order valence-electron chi connectivity index (χ4n) is 8.16. The van der Waals surface area contributed by atoms with Crippen molar-refractivity contribution in [2.24, 2.45) is 0 Å². The van der Waals surface area contributed by atoms with Crippen molar-refractivity contribution >= 4 is 66.4 Å². The molecule has 8 aromatic rings. The van der Waals surface area contributed by atoms with Crippen LogP contribution in [0, 0.1) is 32.1 Å². The SMILES string of the molecule is Cc1ccc(N(c2ccccc2C)c2cc(C(C)C)c3ccc4c(N(c5ccc(C#N)cc5)c5ccccc5C)cc(C(C)C)c5ccc2c3c54)cc1. The molecule has 0 N–H and O–H groups in total. The van der Waals surface area contributed by atoms with Crippen LogP contribution in [-0.4, -0.2) is 0 Å². The van der Waals surface area contributed by atoms with E-state index in [1.165, 1.54) is 71.5 Å². The third-order valence-electron chi connectivity index (χ3n) is 10.9. The lowest BCUT2D eigenvalue weighted by Crippen LogP contribution is -2.14. The van der Waals surface area contributed by atoms with Crippen molar-refractivity contribution in [2.45, 2.75) is 60.3 Å². The van der Waals surface area contributed by atoms with Crippen molar-refractivity contribution in [3.63, 3.8) is 0 Å². The van der Waals surface area contributed by atoms with Gasteiger partial charge in [0.05, 0.1) is 23.0 Å². The molecular formula is C50H45N3. The molecule has 53 heavy (non-hydrogen) atoms. The summed E-state index contributed by atoms with van der Waals surface area (Å²) in [6, 6.07) is 50.9. The molecule has 0 amide bonds. The van der Waals surface area contributed by atoms with Gasteiger partial charge in [0.1, 0.15) is 0 Å². The third kappa shape index (κ3) is 5.76. The summed E-state index contributed by atoms with van der Waals surface area (Å²) < 4.78 is 0. The molecular weight excluding hydrogens is 643 g/mol. The van der Waals surface area contributed by atoms with Gasteiger partial charge in [0, 0.05) is 33.5 Å². The van der Waals surface area contributed by atoms with Gasteiger partial charge in [-0.15, -0.1) is 0 Å². The molecule has 0 bridgehead atoms. The Balaban J connectivity index is 1.53. The van der Waals surface area contributed by atoms with Gasteiger partial charge in [-0.05, 0) is 137 Å². The maximum Gasteiger partial charge on any atom is 0.0991 e. The number of benzene rings is 8. The minimum atomic E-state index is 0.290. The molecule has 0 heterocycles. The average Bonchev–Trinajstić information content (AvgIpc) is 3.16. The quantitative estimate of drug-likeness (QED) is 0.149. The first-order chi connectivity index (χ1) is 25.7. The number of nitriles is 1. The van der Waals surface area contributed by atoms with E-state index in [4.69, 9.17) is 0 Å². The lowest BCUT2D eigenvalue weighted by molar-refractivity contribution is 0.875. The average molecular weight is 688 g/mol. The molecule has 0 aromatic heterocycles. The first-order valence-electron chi connectivity index (χ1n) is 18.7. The van der Waals surface area contributed by atoms with Crippen LogP contribution < -0.4 is 9.80 Å². The van der Waals surface area contributed by atoms with E-state index in [0.717, 1.165) is 22.7 Å². The van der Waals surface area contributed by atoms with Crippen molar-refractivity contribution in [3.8, 4) is 6.07 Å². The highest BCUT2D eigenvalue weighted by Crippen LogP contribution is 2.51. The molecule has 0 atom stereocenters. The Kier molecular flexibility index (Phi) is 8.63. The summed E-state index contributed by atoms with van der Waals surface area (Å²) >= 11 is 0. The number of aryl methyl sites for hydroxylation is 3. The standard InChI is InChI=1S/C50H45N3/c1-31(2)43-28-47(52(37-20-16-33(5)17-21-37)45-14-10-8-12-34(45)6)41-26-24-40-44(32(3)4)29-48(42-27-25-39(43)49(41)50(40)42)53(46-15-11-9-13-35(46)7)38-22-18-36(30-51)19-23-38/h8-29,31-32H,1-7H3. The summed E-state index contributed by atoms with van der Waals surface area (Å²) in [4.78, 5) is 4.86. The summed E-state index contributed by atoms with van der Waals surface area (Å²) in [7, 11) is 0. The monoisotopic (exact) mass is 687 g/mol. The Bertz CT molecular complexity index is 2660. The molecule has 0 radical (unpaired) electrons. The van der Waals surface area contributed by atoms with Crippen LogP contribution >= 0.6 is 0 Å². The predicted molar refractivity (Wildman–Crippen MR) is 227 cm³/mol. The number of anilines is 6. The van der Waals surface area contributed by atoms with E-state index in [1.54, 1.807) is 0 Å². The van der Waals surface area contributed by atoms with Gasteiger partial charge in [-0.2, -0.15) is 5.26 Å². The fourth-order valence-corrected chi connectivity index (χ4v) is 8.16. The molecule has 0 saturated carbocycles. The zero-order valence-corrected chi connectivity index (χ0v) is 31.7. The molecule has 0 aliphatic carbocycles. The van der Waals surface area contributed by atoms with Gasteiger partial charge >= 0.3 is 0 Å². The van der Waals surface area contributed by atoms with Crippen LogP contribution in [0.25, 0.3) is 32.3 Å². The van der Waals surface area contributed by atoms with E-state index < -0.39 is 0 Å². The molecule has 0 saturated heterocycles. The summed E-state index contributed by atoms with van der Waals surface area (Å²) in [5.41, 5.74) is 13.8. The molecule has 0 aliphatic rings. The number of hydrogen-bond donors (Lipinski definition) is 0. The van der Waals surface area contributed by atoms with Gasteiger partial charge in [-0.25, -0.2) is 0 Å². The number of rotatable bonds is 8. The van der Waals surface area contributed by atoms with Gasteiger partial charge in [0.2, 0.25) is 0 Å². The van der Waals surface area contributed by atoms with E-state index in [-0.39, 0.29) is 5.92 Å². The summed E-state index contributed by atoms with van der Waals surface area (Å²) in [6.07, 6.45) is 0. The first-order valence-corrected chi connectivity index (χ1v) is 18.7. The zero-order valence-electron chi connectivity index (χ0n) is 31.7. The van der Waals surface area contributed by atoms with Crippen LogP contribution in [0.2, 0.25) is 0 Å². The molecule has 3 nitrogen and oxygen atoms in total. The highest BCUT2D eigenvalue weighted by atomic mass is 15.2. The van der Waals surface area contributed by atoms with Gasteiger partial charge in [-0.1, -0.05) is 106 Å². The Morgan fingerprint density at radius 2 is 0.849 bits per heavy atom. The van der Waals surface area contributed by atoms with E-state index >= 15 is 0 Å². The Morgan fingerprint density at radius 1 is 0.453 bits per heavy atom. The maximum atomic E-state index is 9.67. The van der Waals surface area contributed by atoms with Crippen LogP contribution in [0.1, 0.15) is 72.9 Å². The third-order valence-corrected chi connectivity index (χ3v) is 10.9.